The van der Waals surface area contributed by atoms with E-state index in [1.165, 1.54) is 30.2 Å². The largest absolute Gasteiger partial charge is 0.361 e. The molecule has 1 heteroatoms. The molecule has 0 aliphatic heterocycles. The normalized spacial score (nSPS) is 18.8. The van der Waals surface area contributed by atoms with Gasteiger partial charge in [0.05, 0.1) is 0 Å². The van der Waals surface area contributed by atoms with Crippen molar-refractivity contribution in [3.63, 3.8) is 0 Å². The molecule has 0 bridgehead atoms. The average molecular weight is 215 g/mol. The minimum atomic E-state index is 0.860. The summed E-state index contributed by atoms with van der Waals surface area (Å²) in [4.78, 5) is 3.28. The van der Waals surface area contributed by atoms with Crippen LogP contribution in [0.25, 0.3) is 10.9 Å². The second-order valence-corrected chi connectivity index (χ2v) is 4.49. The second kappa shape index (κ2) is 4.73. The predicted octanol–water partition coefficient (Wildman–Crippen LogP) is 4.32. The quantitative estimate of drug-likeness (QED) is 0.673. The zero-order chi connectivity index (χ0) is 11.5. The Labute approximate surface area is 97.9 Å². The van der Waals surface area contributed by atoms with E-state index in [9.17, 15) is 0 Å². The molecule has 1 atom stereocenters. The van der Waals surface area contributed by atoms with E-state index in [4.69, 9.17) is 0 Å². The first-order valence-electron chi connectivity index (χ1n) is 6.42. The summed E-state index contributed by atoms with van der Waals surface area (Å²) >= 11 is 0. The van der Waals surface area contributed by atoms with Gasteiger partial charge in [-0.1, -0.05) is 26.8 Å². The van der Waals surface area contributed by atoms with Gasteiger partial charge < -0.3 is 4.98 Å². The summed E-state index contributed by atoms with van der Waals surface area (Å²) in [6.07, 6.45) is 5.91. The summed E-state index contributed by atoms with van der Waals surface area (Å²) in [5.74, 6) is 0.860. The van der Waals surface area contributed by atoms with E-state index in [1.807, 2.05) is 20.0 Å². The van der Waals surface area contributed by atoms with Crippen LogP contribution in [0.15, 0.2) is 24.4 Å². The van der Waals surface area contributed by atoms with Crippen LogP contribution in [-0.2, 0) is 12.8 Å². The Kier molecular flexibility index (Phi) is 3.33. The zero-order valence-corrected chi connectivity index (χ0v) is 10.5. The maximum Gasteiger partial charge on any atom is 0.0456 e. The van der Waals surface area contributed by atoms with Crippen molar-refractivity contribution in [1.29, 1.82) is 0 Å². The number of benzene rings is 1. The van der Waals surface area contributed by atoms with Crippen LogP contribution in [0.1, 0.15) is 38.3 Å². The van der Waals surface area contributed by atoms with Crippen LogP contribution in [0.2, 0.25) is 0 Å². The summed E-state index contributed by atoms with van der Waals surface area (Å²) in [6, 6.07) is 6.72. The lowest BCUT2D eigenvalue weighted by Crippen LogP contribution is -2.11. The third-order valence-electron chi connectivity index (χ3n) is 3.40. The summed E-state index contributed by atoms with van der Waals surface area (Å²) in [5, 5.41) is 1.44. The van der Waals surface area contributed by atoms with E-state index in [2.05, 4.69) is 30.1 Å². The predicted molar refractivity (Wildman–Crippen MR) is 70.8 cm³/mol. The van der Waals surface area contributed by atoms with Gasteiger partial charge in [0.15, 0.2) is 0 Å². The highest BCUT2D eigenvalue weighted by Gasteiger charge is 2.16. The highest BCUT2D eigenvalue weighted by atomic mass is 14.7. The summed E-state index contributed by atoms with van der Waals surface area (Å²) < 4.78 is 0. The molecular weight excluding hydrogens is 194 g/mol. The SMILES string of the molecule is CC.CC1CCc2c(ccc3[nH]ccc23)C1. The van der Waals surface area contributed by atoms with Gasteiger partial charge in [-0.3, -0.25) is 0 Å². The Hall–Kier alpha value is -1.24. The molecule has 1 heterocycles. The summed E-state index contributed by atoms with van der Waals surface area (Å²) in [6.45, 7) is 6.35. The number of hydrogen-bond acceptors (Lipinski definition) is 0. The van der Waals surface area contributed by atoms with Gasteiger partial charge in [0.25, 0.3) is 0 Å². The third kappa shape index (κ3) is 1.87. The van der Waals surface area contributed by atoms with Crippen LogP contribution in [0, 0.1) is 5.92 Å². The van der Waals surface area contributed by atoms with Crippen molar-refractivity contribution in [3.8, 4) is 0 Å². The van der Waals surface area contributed by atoms with Crippen molar-refractivity contribution >= 4 is 10.9 Å². The van der Waals surface area contributed by atoms with E-state index < -0.39 is 0 Å². The Balaban J connectivity index is 0.000000457. The number of aromatic amines is 1. The minimum Gasteiger partial charge on any atom is -0.361 e. The molecule has 86 valence electrons. The van der Waals surface area contributed by atoms with Crippen molar-refractivity contribution in [2.75, 3.05) is 0 Å². The van der Waals surface area contributed by atoms with Gasteiger partial charge in [-0.25, -0.2) is 0 Å². The molecule has 0 saturated carbocycles. The lowest BCUT2D eigenvalue weighted by molar-refractivity contribution is 0.503. The van der Waals surface area contributed by atoms with E-state index in [1.54, 1.807) is 11.1 Å². The van der Waals surface area contributed by atoms with E-state index in [0.717, 1.165) is 5.92 Å². The van der Waals surface area contributed by atoms with Gasteiger partial charge >= 0.3 is 0 Å². The molecular formula is C15H21N. The standard InChI is InChI=1S/C13H15N.C2H6/c1-9-2-4-11-10(8-9)3-5-13-12(11)6-7-14-13;1-2/h3,5-7,9,14H,2,4,8H2,1H3;1-2H3. The van der Waals surface area contributed by atoms with Crippen molar-refractivity contribution in [3.05, 3.63) is 35.5 Å². The fourth-order valence-corrected chi connectivity index (χ4v) is 2.60. The number of aryl methyl sites for hydroxylation is 1. The highest BCUT2D eigenvalue weighted by Crippen LogP contribution is 2.30. The number of H-pyrrole nitrogens is 1. The molecule has 1 aromatic carbocycles. The molecule has 0 spiro atoms. The van der Waals surface area contributed by atoms with Crippen molar-refractivity contribution < 1.29 is 0 Å². The monoisotopic (exact) mass is 215 g/mol. The molecule has 1 aliphatic carbocycles. The lowest BCUT2D eigenvalue weighted by Gasteiger charge is -2.21. The van der Waals surface area contributed by atoms with Crippen LogP contribution in [0.4, 0.5) is 0 Å². The Morgan fingerprint density at radius 2 is 2.00 bits per heavy atom. The van der Waals surface area contributed by atoms with Crippen LogP contribution in [-0.4, -0.2) is 4.98 Å². The average Bonchev–Trinajstić information content (AvgIpc) is 2.79. The van der Waals surface area contributed by atoms with Crippen molar-refractivity contribution in [2.45, 2.75) is 40.0 Å². The Morgan fingerprint density at radius 1 is 1.19 bits per heavy atom. The fourth-order valence-electron chi connectivity index (χ4n) is 2.60. The van der Waals surface area contributed by atoms with Gasteiger partial charge in [-0.15, -0.1) is 0 Å². The third-order valence-corrected chi connectivity index (χ3v) is 3.40. The Bertz CT molecular complexity index is 467. The Morgan fingerprint density at radius 3 is 2.81 bits per heavy atom. The molecule has 3 rings (SSSR count). The fraction of sp³-hybridized carbons (Fsp3) is 0.467. The molecule has 1 aromatic heterocycles. The van der Waals surface area contributed by atoms with Crippen molar-refractivity contribution in [2.24, 2.45) is 5.92 Å². The first-order valence-corrected chi connectivity index (χ1v) is 6.42. The van der Waals surface area contributed by atoms with Gasteiger partial charge in [0.1, 0.15) is 0 Å². The van der Waals surface area contributed by atoms with Gasteiger partial charge in [0.2, 0.25) is 0 Å². The number of fused-ring (bicyclic) bond motifs is 3. The molecule has 2 aromatic rings. The smallest absolute Gasteiger partial charge is 0.0456 e. The number of hydrogen-bond donors (Lipinski definition) is 1. The topological polar surface area (TPSA) is 15.8 Å². The van der Waals surface area contributed by atoms with Crippen LogP contribution >= 0.6 is 0 Å². The molecule has 0 radical (unpaired) electrons. The summed E-state index contributed by atoms with van der Waals surface area (Å²) in [7, 11) is 0. The van der Waals surface area contributed by atoms with Crippen molar-refractivity contribution in [1.82, 2.24) is 4.98 Å². The molecule has 1 aliphatic rings. The molecule has 16 heavy (non-hydrogen) atoms. The van der Waals surface area contributed by atoms with Crippen LogP contribution < -0.4 is 0 Å². The molecule has 1 nitrogen and oxygen atoms in total. The molecule has 0 fully saturated rings. The second-order valence-electron chi connectivity index (χ2n) is 4.49. The lowest BCUT2D eigenvalue weighted by atomic mass is 9.83. The van der Waals surface area contributed by atoms with E-state index in [-0.39, 0.29) is 0 Å². The van der Waals surface area contributed by atoms with Crippen LogP contribution in [0.3, 0.4) is 0 Å². The maximum absolute atomic E-state index is 3.28. The van der Waals surface area contributed by atoms with E-state index >= 15 is 0 Å². The highest BCUT2D eigenvalue weighted by molar-refractivity contribution is 5.84. The first-order chi connectivity index (χ1) is 7.84. The molecule has 1 N–H and O–H groups in total. The van der Waals surface area contributed by atoms with Gasteiger partial charge in [-0.05, 0) is 48.4 Å². The van der Waals surface area contributed by atoms with Gasteiger partial charge in [0, 0.05) is 17.1 Å². The van der Waals surface area contributed by atoms with Gasteiger partial charge in [-0.2, -0.15) is 0 Å². The maximum atomic E-state index is 3.28. The summed E-state index contributed by atoms with van der Waals surface area (Å²) in [5.41, 5.74) is 4.44. The number of aromatic nitrogens is 1. The molecule has 1 unspecified atom stereocenters. The molecule has 0 saturated heterocycles. The molecule has 0 amide bonds. The van der Waals surface area contributed by atoms with Crippen LogP contribution in [0.5, 0.6) is 0 Å². The first kappa shape index (κ1) is 11.3. The number of nitrogens with one attached hydrogen (secondary N) is 1. The van der Waals surface area contributed by atoms with E-state index in [0.29, 0.717) is 0 Å². The minimum absolute atomic E-state index is 0.860. The number of rotatable bonds is 0. The zero-order valence-electron chi connectivity index (χ0n) is 10.5.